The molecule has 1 fully saturated rings. The Hall–Kier alpha value is -1.59. The fraction of sp³-hybridized carbons (Fsp3) is 0.600. The van der Waals surface area contributed by atoms with Crippen LogP contribution in [0.3, 0.4) is 0 Å². The Morgan fingerprint density at radius 1 is 1.28 bits per heavy atom. The fourth-order valence-electron chi connectivity index (χ4n) is 2.57. The topological polar surface area (TPSA) is 84.4 Å². The second kappa shape index (κ2) is 14.4. The van der Waals surface area contributed by atoms with Crippen molar-refractivity contribution in [3.8, 4) is 5.75 Å². The summed E-state index contributed by atoms with van der Waals surface area (Å²) in [6.07, 6.45) is 2.04. The predicted molar refractivity (Wildman–Crippen MR) is 124 cm³/mol. The zero-order valence-corrected chi connectivity index (χ0v) is 19.8. The van der Waals surface area contributed by atoms with Crippen LogP contribution in [-0.4, -0.2) is 77.0 Å². The van der Waals surface area contributed by atoms with Crippen molar-refractivity contribution in [3.63, 3.8) is 0 Å². The number of methoxy groups -OCH3 is 1. The lowest BCUT2D eigenvalue weighted by Crippen LogP contribution is -2.43. The first-order chi connectivity index (χ1) is 13.6. The summed E-state index contributed by atoms with van der Waals surface area (Å²) in [4.78, 5) is 18.0. The average Bonchev–Trinajstić information content (AvgIpc) is 3.22. The Labute approximate surface area is 190 Å². The molecule has 0 bridgehead atoms. The molecule has 2 rings (SSSR count). The number of nitrogens with one attached hydrogen (secondary N) is 2. The maximum absolute atomic E-state index is 11.9. The monoisotopic (exact) mass is 520 g/mol. The summed E-state index contributed by atoms with van der Waals surface area (Å²) in [5.74, 6) is 1.41. The summed E-state index contributed by atoms with van der Waals surface area (Å²) >= 11 is 0. The predicted octanol–water partition coefficient (Wildman–Crippen LogP) is 1.63. The molecule has 2 N–H and O–H groups in total. The minimum atomic E-state index is -0.0106. The standard InChI is InChI=1S/C20H32N4O4.HI/c1-24(2)19(25)14-23-20(21-10-4-11-28-18-9-12-27-15-18)22-13-16-5-7-17(26-3)8-6-16;/h5-8,18H,4,9-15H2,1-3H3,(H2,21,22,23);1H. The number of carbonyl (C=O) groups is 1. The van der Waals surface area contributed by atoms with Gasteiger partial charge in [0.25, 0.3) is 0 Å². The van der Waals surface area contributed by atoms with E-state index in [2.05, 4.69) is 15.6 Å². The van der Waals surface area contributed by atoms with Gasteiger partial charge in [0.2, 0.25) is 5.91 Å². The number of benzene rings is 1. The van der Waals surface area contributed by atoms with Crippen molar-refractivity contribution in [1.82, 2.24) is 15.5 Å². The first kappa shape index (κ1) is 25.4. The molecule has 1 aromatic rings. The van der Waals surface area contributed by atoms with E-state index in [1.54, 1.807) is 26.1 Å². The summed E-state index contributed by atoms with van der Waals surface area (Å²) in [5, 5.41) is 6.35. The van der Waals surface area contributed by atoms with Gasteiger partial charge in [0, 0.05) is 33.9 Å². The number of hydrogen-bond donors (Lipinski definition) is 2. The van der Waals surface area contributed by atoms with Gasteiger partial charge in [-0.15, -0.1) is 24.0 Å². The Morgan fingerprint density at radius 3 is 2.66 bits per heavy atom. The van der Waals surface area contributed by atoms with Crippen LogP contribution in [0.4, 0.5) is 0 Å². The fourth-order valence-corrected chi connectivity index (χ4v) is 2.57. The second-order valence-electron chi connectivity index (χ2n) is 6.79. The zero-order valence-electron chi connectivity index (χ0n) is 17.5. The van der Waals surface area contributed by atoms with Crippen LogP contribution in [0.15, 0.2) is 29.3 Å². The first-order valence-electron chi connectivity index (χ1n) is 9.63. The van der Waals surface area contributed by atoms with Gasteiger partial charge < -0.3 is 29.7 Å². The van der Waals surface area contributed by atoms with E-state index in [1.165, 1.54) is 0 Å². The average molecular weight is 520 g/mol. The quantitative estimate of drug-likeness (QED) is 0.211. The van der Waals surface area contributed by atoms with Gasteiger partial charge in [-0.1, -0.05) is 12.1 Å². The van der Waals surface area contributed by atoms with Crippen molar-refractivity contribution in [2.75, 3.05) is 54.1 Å². The highest BCUT2D eigenvalue weighted by atomic mass is 127. The molecule has 1 unspecified atom stereocenters. The van der Waals surface area contributed by atoms with Gasteiger partial charge in [-0.3, -0.25) is 4.79 Å². The van der Waals surface area contributed by atoms with Gasteiger partial charge in [-0.25, -0.2) is 4.99 Å². The highest BCUT2D eigenvalue weighted by Crippen LogP contribution is 2.12. The van der Waals surface area contributed by atoms with Crippen molar-refractivity contribution in [2.45, 2.75) is 25.5 Å². The number of aliphatic imine (C=N–C) groups is 1. The van der Waals surface area contributed by atoms with E-state index < -0.39 is 0 Å². The van der Waals surface area contributed by atoms with Gasteiger partial charge in [0.1, 0.15) is 5.75 Å². The maximum Gasteiger partial charge on any atom is 0.241 e. The molecule has 1 saturated heterocycles. The molecular formula is C20H33IN4O4. The lowest BCUT2D eigenvalue weighted by molar-refractivity contribution is -0.127. The number of nitrogens with zero attached hydrogens (tertiary/aromatic N) is 2. The minimum absolute atomic E-state index is 0. The molecule has 1 aliphatic rings. The van der Waals surface area contributed by atoms with Crippen LogP contribution in [0.25, 0.3) is 0 Å². The lowest BCUT2D eigenvalue weighted by Gasteiger charge is -2.15. The van der Waals surface area contributed by atoms with Gasteiger partial charge in [-0.2, -0.15) is 0 Å². The van der Waals surface area contributed by atoms with Crippen LogP contribution in [0, 0.1) is 0 Å². The molecule has 164 valence electrons. The maximum atomic E-state index is 11.9. The van der Waals surface area contributed by atoms with Crippen molar-refractivity contribution in [3.05, 3.63) is 29.8 Å². The Kier molecular flexibility index (Phi) is 12.6. The molecule has 1 heterocycles. The van der Waals surface area contributed by atoms with Gasteiger partial charge >= 0.3 is 0 Å². The molecule has 0 radical (unpaired) electrons. The van der Waals surface area contributed by atoms with Crippen LogP contribution in [0.1, 0.15) is 18.4 Å². The van der Waals surface area contributed by atoms with E-state index in [1.807, 2.05) is 24.3 Å². The van der Waals surface area contributed by atoms with E-state index in [0.29, 0.717) is 32.3 Å². The molecule has 0 saturated carbocycles. The van der Waals surface area contributed by atoms with Crippen LogP contribution in [0.2, 0.25) is 0 Å². The number of rotatable bonds is 10. The molecule has 1 aliphatic heterocycles. The third-order valence-electron chi connectivity index (χ3n) is 4.34. The van der Waals surface area contributed by atoms with E-state index in [4.69, 9.17) is 14.2 Å². The van der Waals surface area contributed by atoms with Gasteiger partial charge in [0.15, 0.2) is 5.96 Å². The summed E-state index contributed by atoms with van der Waals surface area (Å²) in [7, 11) is 5.11. The molecule has 29 heavy (non-hydrogen) atoms. The van der Waals surface area contributed by atoms with Crippen LogP contribution >= 0.6 is 24.0 Å². The van der Waals surface area contributed by atoms with Gasteiger partial charge in [-0.05, 0) is 30.5 Å². The normalized spacial score (nSPS) is 16.1. The van der Waals surface area contributed by atoms with Crippen molar-refractivity contribution in [2.24, 2.45) is 4.99 Å². The number of guanidine groups is 1. The van der Waals surface area contributed by atoms with Crippen LogP contribution in [-0.2, 0) is 20.8 Å². The number of likely N-dealkylation sites (N-methyl/N-ethyl adjacent to an activating group) is 1. The number of ether oxygens (including phenoxy) is 3. The molecule has 8 nitrogen and oxygen atoms in total. The SMILES string of the molecule is COc1ccc(CN=C(NCCCOC2CCOC2)NCC(=O)N(C)C)cc1.I. The summed E-state index contributed by atoms with van der Waals surface area (Å²) in [6, 6.07) is 7.76. The molecule has 0 aromatic heterocycles. The Bertz CT molecular complexity index is 619. The highest BCUT2D eigenvalue weighted by molar-refractivity contribution is 14.0. The Balaban J connectivity index is 0.00000420. The highest BCUT2D eigenvalue weighted by Gasteiger charge is 2.15. The zero-order chi connectivity index (χ0) is 20.2. The molecule has 0 aliphatic carbocycles. The summed E-state index contributed by atoms with van der Waals surface area (Å²) < 4.78 is 16.2. The Morgan fingerprint density at radius 2 is 2.03 bits per heavy atom. The van der Waals surface area contributed by atoms with Crippen molar-refractivity contribution >= 4 is 35.8 Å². The number of hydrogen-bond acceptors (Lipinski definition) is 5. The van der Waals surface area contributed by atoms with Gasteiger partial charge in [0.05, 0.1) is 32.9 Å². The third-order valence-corrected chi connectivity index (χ3v) is 4.34. The molecule has 1 amide bonds. The second-order valence-corrected chi connectivity index (χ2v) is 6.79. The summed E-state index contributed by atoms with van der Waals surface area (Å²) in [5.41, 5.74) is 1.06. The van der Waals surface area contributed by atoms with E-state index >= 15 is 0 Å². The molecule has 1 aromatic carbocycles. The van der Waals surface area contributed by atoms with E-state index in [0.717, 1.165) is 30.8 Å². The van der Waals surface area contributed by atoms with Crippen LogP contribution in [0.5, 0.6) is 5.75 Å². The molecular weight excluding hydrogens is 487 g/mol. The molecule has 0 spiro atoms. The largest absolute Gasteiger partial charge is 0.497 e. The molecule has 9 heteroatoms. The molecule has 1 atom stereocenters. The van der Waals surface area contributed by atoms with Crippen molar-refractivity contribution < 1.29 is 19.0 Å². The van der Waals surface area contributed by atoms with E-state index in [-0.39, 0.29) is 42.5 Å². The van der Waals surface area contributed by atoms with E-state index in [9.17, 15) is 4.79 Å². The number of halogens is 1. The first-order valence-corrected chi connectivity index (χ1v) is 9.63. The summed E-state index contributed by atoms with van der Waals surface area (Å²) in [6.45, 7) is 3.55. The smallest absolute Gasteiger partial charge is 0.241 e. The lowest BCUT2D eigenvalue weighted by atomic mass is 10.2. The minimum Gasteiger partial charge on any atom is -0.497 e. The van der Waals surface area contributed by atoms with Crippen LogP contribution < -0.4 is 15.4 Å². The third kappa shape index (κ3) is 10.1. The van der Waals surface area contributed by atoms with Crippen molar-refractivity contribution in [1.29, 1.82) is 0 Å². The number of amides is 1. The number of carbonyl (C=O) groups excluding carboxylic acids is 1.